The van der Waals surface area contributed by atoms with Gasteiger partial charge in [0.2, 0.25) is 0 Å². The van der Waals surface area contributed by atoms with Gasteiger partial charge in [0.1, 0.15) is 10.6 Å². The van der Waals surface area contributed by atoms with E-state index in [1.165, 1.54) is 0 Å². The van der Waals surface area contributed by atoms with Crippen LogP contribution in [-0.2, 0) is 4.74 Å². The Morgan fingerprint density at radius 1 is 1.48 bits per heavy atom. The fourth-order valence-corrected chi connectivity index (χ4v) is 2.75. The first-order valence-corrected chi connectivity index (χ1v) is 7.62. The Labute approximate surface area is 132 Å². The van der Waals surface area contributed by atoms with E-state index in [0.717, 1.165) is 17.1 Å². The summed E-state index contributed by atoms with van der Waals surface area (Å²) in [5, 5.41) is 4.52. The SMILES string of the molecule is CCOC(=O)c1c(N)nsc1NC(C)c1ccc(Cl)cc1. The van der Waals surface area contributed by atoms with Crippen LogP contribution in [0, 0.1) is 0 Å². The van der Waals surface area contributed by atoms with Crippen LogP contribution < -0.4 is 11.1 Å². The number of ether oxygens (including phenoxy) is 1. The number of nitrogens with one attached hydrogen (secondary N) is 1. The van der Waals surface area contributed by atoms with Crippen molar-refractivity contribution in [1.82, 2.24) is 4.37 Å². The van der Waals surface area contributed by atoms with Crippen LogP contribution in [0.15, 0.2) is 24.3 Å². The molecule has 1 aromatic carbocycles. The highest BCUT2D eigenvalue weighted by molar-refractivity contribution is 7.11. The predicted octanol–water partition coefficient (Wildman–Crippen LogP) is 3.73. The zero-order chi connectivity index (χ0) is 15.4. The fraction of sp³-hybridized carbons (Fsp3) is 0.286. The van der Waals surface area contributed by atoms with Crippen molar-refractivity contribution in [2.45, 2.75) is 19.9 Å². The number of hydrogen-bond acceptors (Lipinski definition) is 6. The maximum atomic E-state index is 11.9. The molecule has 0 spiro atoms. The topological polar surface area (TPSA) is 77.2 Å². The van der Waals surface area contributed by atoms with E-state index in [9.17, 15) is 4.79 Å². The summed E-state index contributed by atoms with van der Waals surface area (Å²) in [6.45, 7) is 4.02. The highest BCUT2D eigenvalue weighted by Gasteiger charge is 2.21. The summed E-state index contributed by atoms with van der Waals surface area (Å²) in [5.41, 5.74) is 7.08. The molecule has 2 aromatic rings. The Balaban J connectivity index is 2.19. The summed E-state index contributed by atoms with van der Waals surface area (Å²) in [6.07, 6.45) is 0. The second-order valence-electron chi connectivity index (χ2n) is 4.41. The lowest BCUT2D eigenvalue weighted by atomic mass is 10.1. The summed E-state index contributed by atoms with van der Waals surface area (Å²) in [6, 6.07) is 7.48. The molecule has 7 heteroatoms. The number of nitrogens with zero attached hydrogens (tertiary/aromatic N) is 1. The summed E-state index contributed by atoms with van der Waals surface area (Å²) >= 11 is 7.02. The van der Waals surface area contributed by atoms with Crippen LogP contribution in [0.25, 0.3) is 0 Å². The van der Waals surface area contributed by atoms with Crippen LogP contribution in [0.1, 0.15) is 35.8 Å². The second kappa shape index (κ2) is 6.78. The number of anilines is 2. The molecule has 0 aliphatic rings. The van der Waals surface area contributed by atoms with E-state index in [4.69, 9.17) is 22.1 Å². The molecular weight excluding hydrogens is 310 g/mol. The van der Waals surface area contributed by atoms with Crippen LogP contribution in [0.5, 0.6) is 0 Å². The smallest absolute Gasteiger partial charge is 0.344 e. The first kappa shape index (κ1) is 15.6. The van der Waals surface area contributed by atoms with Gasteiger partial charge in [0.05, 0.1) is 6.61 Å². The number of halogens is 1. The van der Waals surface area contributed by atoms with E-state index in [1.54, 1.807) is 6.92 Å². The molecule has 0 aliphatic carbocycles. The lowest BCUT2D eigenvalue weighted by molar-refractivity contribution is 0.0529. The first-order chi connectivity index (χ1) is 10.0. The van der Waals surface area contributed by atoms with E-state index in [1.807, 2.05) is 31.2 Å². The van der Waals surface area contributed by atoms with Gasteiger partial charge in [-0.05, 0) is 43.1 Å². The van der Waals surface area contributed by atoms with Crippen molar-refractivity contribution >= 4 is 39.9 Å². The minimum absolute atomic E-state index is 0.0182. The van der Waals surface area contributed by atoms with Crippen molar-refractivity contribution in [3.05, 3.63) is 40.4 Å². The van der Waals surface area contributed by atoms with E-state index >= 15 is 0 Å². The molecule has 0 aliphatic heterocycles. The summed E-state index contributed by atoms with van der Waals surface area (Å²) in [4.78, 5) is 11.9. The molecule has 1 unspecified atom stereocenters. The third-order valence-corrected chi connectivity index (χ3v) is 3.96. The van der Waals surface area contributed by atoms with E-state index in [0.29, 0.717) is 22.2 Å². The molecule has 112 valence electrons. The quantitative estimate of drug-likeness (QED) is 0.819. The number of nitrogen functional groups attached to an aromatic ring is 1. The summed E-state index contributed by atoms with van der Waals surface area (Å²) in [7, 11) is 0. The third kappa shape index (κ3) is 3.65. The number of carbonyl (C=O) groups is 1. The van der Waals surface area contributed by atoms with Gasteiger partial charge in [0, 0.05) is 11.1 Å². The average molecular weight is 326 g/mol. The van der Waals surface area contributed by atoms with Crippen LogP contribution in [0.4, 0.5) is 10.8 Å². The largest absolute Gasteiger partial charge is 0.462 e. The Morgan fingerprint density at radius 3 is 2.76 bits per heavy atom. The highest BCUT2D eigenvalue weighted by atomic mass is 35.5. The number of nitrogens with two attached hydrogens (primary N) is 1. The van der Waals surface area contributed by atoms with E-state index < -0.39 is 5.97 Å². The fourth-order valence-electron chi connectivity index (χ4n) is 1.83. The zero-order valence-corrected chi connectivity index (χ0v) is 13.3. The molecule has 0 amide bonds. The Hall–Kier alpha value is -1.79. The molecule has 1 aromatic heterocycles. The van der Waals surface area contributed by atoms with Gasteiger partial charge in [-0.2, -0.15) is 4.37 Å². The van der Waals surface area contributed by atoms with E-state index in [-0.39, 0.29) is 11.9 Å². The standard InChI is InChI=1S/C14H16ClN3O2S/c1-3-20-14(19)11-12(16)18-21-13(11)17-8(2)9-4-6-10(15)7-5-9/h4-8,17H,3H2,1-2H3,(H2,16,18). The lowest BCUT2D eigenvalue weighted by Crippen LogP contribution is -2.12. The van der Waals surface area contributed by atoms with Gasteiger partial charge in [-0.25, -0.2) is 4.79 Å². The monoisotopic (exact) mass is 325 g/mol. The van der Waals surface area contributed by atoms with Crippen molar-refractivity contribution < 1.29 is 9.53 Å². The molecule has 5 nitrogen and oxygen atoms in total. The van der Waals surface area contributed by atoms with Crippen molar-refractivity contribution in [2.24, 2.45) is 0 Å². The highest BCUT2D eigenvalue weighted by Crippen LogP contribution is 2.31. The van der Waals surface area contributed by atoms with Gasteiger partial charge in [0.15, 0.2) is 5.82 Å². The summed E-state index contributed by atoms with van der Waals surface area (Å²) < 4.78 is 9.02. The van der Waals surface area contributed by atoms with Gasteiger partial charge in [-0.1, -0.05) is 23.7 Å². The van der Waals surface area contributed by atoms with Gasteiger partial charge in [0.25, 0.3) is 0 Å². The number of benzene rings is 1. The van der Waals surface area contributed by atoms with Crippen LogP contribution in [-0.4, -0.2) is 16.9 Å². The Morgan fingerprint density at radius 2 is 2.14 bits per heavy atom. The minimum atomic E-state index is -0.463. The molecule has 0 saturated carbocycles. The molecule has 0 bridgehead atoms. The van der Waals surface area contributed by atoms with Gasteiger partial charge in [-0.15, -0.1) is 0 Å². The van der Waals surface area contributed by atoms with Crippen molar-refractivity contribution in [3.8, 4) is 0 Å². The molecule has 3 N–H and O–H groups in total. The molecule has 1 atom stereocenters. The molecule has 0 saturated heterocycles. The molecule has 21 heavy (non-hydrogen) atoms. The number of aromatic nitrogens is 1. The molecular formula is C14H16ClN3O2S. The predicted molar refractivity (Wildman–Crippen MR) is 86.0 cm³/mol. The number of hydrogen-bond donors (Lipinski definition) is 2. The number of rotatable bonds is 5. The number of esters is 1. The molecule has 1 heterocycles. The van der Waals surface area contributed by atoms with Crippen LogP contribution in [0.3, 0.4) is 0 Å². The number of carbonyl (C=O) groups excluding carboxylic acids is 1. The normalized spacial score (nSPS) is 12.0. The zero-order valence-electron chi connectivity index (χ0n) is 11.7. The maximum absolute atomic E-state index is 11.9. The minimum Gasteiger partial charge on any atom is -0.462 e. The van der Waals surface area contributed by atoms with E-state index in [2.05, 4.69) is 9.69 Å². The van der Waals surface area contributed by atoms with Crippen LogP contribution in [0.2, 0.25) is 5.02 Å². The second-order valence-corrected chi connectivity index (χ2v) is 5.62. The Bertz CT molecular complexity index is 628. The molecule has 0 radical (unpaired) electrons. The van der Waals surface area contributed by atoms with Gasteiger partial charge < -0.3 is 15.8 Å². The van der Waals surface area contributed by atoms with Crippen molar-refractivity contribution in [1.29, 1.82) is 0 Å². The Kier molecular flexibility index (Phi) is 5.03. The maximum Gasteiger partial charge on any atom is 0.344 e. The summed E-state index contributed by atoms with van der Waals surface area (Å²) in [5.74, 6) is -0.279. The third-order valence-electron chi connectivity index (χ3n) is 2.92. The molecule has 0 fully saturated rings. The lowest BCUT2D eigenvalue weighted by Gasteiger charge is -2.15. The van der Waals surface area contributed by atoms with Crippen LogP contribution >= 0.6 is 23.1 Å². The van der Waals surface area contributed by atoms with Gasteiger partial charge >= 0.3 is 5.97 Å². The van der Waals surface area contributed by atoms with Crippen molar-refractivity contribution in [3.63, 3.8) is 0 Å². The molecule has 2 rings (SSSR count). The average Bonchev–Trinajstić information content (AvgIpc) is 2.80. The van der Waals surface area contributed by atoms with Gasteiger partial charge in [-0.3, -0.25) is 0 Å². The van der Waals surface area contributed by atoms with Crippen molar-refractivity contribution in [2.75, 3.05) is 17.7 Å². The first-order valence-electron chi connectivity index (χ1n) is 6.47.